The van der Waals surface area contributed by atoms with Crippen LogP contribution in [0.5, 0.6) is 5.75 Å². The van der Waals surface area contributed by atoms with E-state index in [4.69, 9.17) is 5.11 Å². The Hall–Kier alpha value is -1.10. The van der Waals surface area contributed by atoms with Crippen LogP contribution in [0.15, 0.2) is 18.2 Å². The molecular weight excluding hydrogens is 184 g/mol. The van der Waals surface area contributed by atoms with E-state index < -0.39 is 18.8 Å². The molecule has 0 aliphatic carbocycles. The molecule has 14 heavy (non-hydrogen) atoms. The Morgan fingerprint density at radius 1 is 1.29 bits per heavy atom. The van der Waals surface area contributed by atoms with E-state index in [1.165, 1.54) is 6.07 Å². The van der Waals surface area contributed by atoms with Crippen LogP contribution in [0.2, 0.25) is 0 Å². The third kappa shape index (κ3) is 2.04. The SMILES string of the molecule is Cc1cccc(C(O)C(O)CO)c1O. The molecule has 2 atom stereocenters. The number of benzene rings is 1. The first kappa shape index (κ1) is 11.0. The second kappa shape index (κ2) is 4.41. The summed E-state index contributed by atoms with van der Waals surface area (Å²) in [6, 6.07) is 4.86. The van der Waals surface area contributed by atoms with Gasteiger partial charge in [-0.1, -0.05) is 18.2 Å². The average Bonchev–Trinajstić information content (AvgIpc) is 2.20. The Balaban J connectivity index is 3.01. The maximum atomic E-state index is 9.56. The maximum Gasteiger partial charge on any atom is 0.124 e. The molecule has 4 nitrogen and oxygen atoms in total. The van der Waals surface area contributed by atoms with Crippen LogP contribution < -0.4 is 0 Å². The molecule has 0 amide bonds. The van der Waals surface area contributed by atoms with Gasteiger partial charge < -0.3 is 20.4 Å². The van der Waals surface area contributed by atoms with Crippen LogP contribution >= 0.6 is 0 Å². The maximum absolute atomic E-state index is 9.56. The summed E-state index contributed by atoms with van der Waals surface area (Å²) in [5.41, 5.74) is 0.846. The highest BCUT2D eigenvalue weighted by molar-refractivity contribution is 5.41. The van der Waals surface area contributed by atoms with Crippen LogP contribution in [-0.2, 0) is 0 Å². The van der Waals surface area contributed by atoms with Crippen LogP contribution in [0.25, 0.3) is 0 Å². The molecule has 0 aliphatic rings. The molecule has 1 aromatic rings. The fraction of sp³-hybridized carbons (Fsp3) is 0.400. The minimum atomic E-state index is -1.28. The number of hydrogen-bond acceptors (Lipinski definition) is 4. The van der Waals surface area contributed by atoms with Crippen molar-refractivity contribution in [1.82, 2.24) is 0 Å². The van der Waals surface area contributed by atoms with Gasteiger partial charge in [-0.3, -0.25) is 0 Å². The van der Waals surface area contributed by atoms with E-state index in [1.54, 1.807) is 19.1 Å². The van der Waals surface area contributed by atoms with Gasteiger partial charge in [-0.15, -0.1) is 0 Å². The Bertz CT molecular complexity index is 311. The minimum absolute atomic E-state index is 0.0486. The Morgan fingerprint density at radius 2 is 1.93 bits per heavy atom. The molecule has 0 bridgehead atoms. The van der Waals surface area contributed by atoms with Gasteiger partial charge in [0.2, 0.25) is 0 Å². The van der Waals surface area contributed by atoms with Gasteiger partial charge in [-0.05, 0) is 12.5 Å². The Labute approximate surface area is 82.1 Å². The number of hydrogen-bond donors (Lipinski definition) is 4. The third-order valence-electron chi connectivity index (χ3n) is 2.14. The van der Waals surface area contributed by atoms with Crippen LogP contribution in [-0.4, -0.2) is 33.1 Å². The van der Waals surface area contributed by atoms with E-state index in [9.17, 15) is 15.3 Å². The van der Waals surface area contributed by atoms with Crippen molar-refractivity contribution in [1.29, 1.82) is 0 Å². The minimum Gasteiger partial charge on any atom is -0.507 e. The first-order chi connectivity index (χ1) is 6.57. The van der Waals surface area contributed by atoms with Crippen molar-refractivity contribution in [3.8, 4) is 5.75 Å². The molecule has 0 fully saturated rings. The quantitative estimate of drug-likeness (QED) is 0.554. The van der Waals surface area contributed by atoms with Gasteiger partial charge in [0.25, 0.3) is 0 Å². The van der Waals surface area contributed by atoms with Crippen molar-refractivity contribution >= 4 is 0 Å². The van der Waals surface area contributed by atoms with Crippen molar-refractivity contribution < 1.29 is 20.4 Å². The standard InChI is InChI=1S/C10H14O4/c1-6-3-2-4-7(9(6)13)10(14)8(12)5-11/h2-4,8,10-14H,5H2,1H3. The summed E-state index contributed by atoms with van der Waals surface area (Å²) < 4.78 is 0. The first-order valence-electron chi connectivity index (χ1n) is 4.33. The molecule has 78 valence electrons. The van der Waals surface area contributed by atoms with Crippen LogP contribution in [0, 0.1) is 6.92 Å². The molecule has 2 unspecified atom stereocenters. The number of aliphatic hydroxyl groups excluding tert-OH is 3. The lowest BCUT2D eigenvalue weighted by molar-refractivity contribution is -0.0162. The molecule has 1 aromatic carbocycles. The normalized spacial score (nSPS) is 15.1. The molecule has 1 rings (SSSR count). The molecule has 0 saturated carbocycles. The lowest BCUT2D eigenvalue weighted by Gasteiger charge is -2.17. The summed E-state index contributed by atoms with van der Waals surface area (Å²) in [4.78, 5) is 0. The molecule has 4 heteroatoms. The number of aryl methyl sites for hydroxylation is 1. The lowest BCUT2D eigenvalue weighted by Crippen LogP contribution is -2.22. The van der Waals surface area contributed by atoms with E-state index in [0.29, 0.717) is 5.56 Å². The smallest absolute Gasteiger partial charge is 0.124 e. The van der Waals surface area contributed by atoms with Gasteiger partial charge >= 0.3 is 0 Å². The second-order valence-corrected chi connectivity index (χ2v) is 3.21. The van der Waals surface area contributed by atoms with Crippen molar-refractivity contribution in [3.63, 3.8) is 0 Å². The van der Waals surface area contributed by atoms with E-state index >= 15 is 0 Å². The fourth-order valence-corrected chi connectivity index (χ4v) is 1.23. The molecule has 0 spiro atoms. The fourth-order valence-electron chi connectivity index (χ4n) is 1.23. The summed E-state index contributed by atoms with van der Waals surface area (Å²) in [7, 11) is 0. The highest BCUT2D eigenvalue weighted by atomic mass is 16.4. The number of phenolic OH excluding ortho intramolecular Hbond substituents is 1. The first-order valence-corrected chi connectivity index (χ1v) is 4.33. The van der Waals surface area contributed by atoms with Crippen LogP contribution in [0.1, 0.15) is 17.2 Å². The van der Waals surface area contributed by atoms with Crippen molar-refractivity contribution in [2.75, 3.05) is 6.61 Å². The molecule has 0 saturated heterocycles. The number of phenols is 1. The van der Waals surface area contributed by atoms with Gasteiger partial charge in [0.15, 0.2) is 0 Å². The van der Waals surface area contributed by atoms with E-state index in [1.807, 2.05) is 0 Å². The van der Waals surface area contributed by atoms with Crippen molar-refractivity contribution in [2.24, 2.45) is 0 Å². The second-order valence-electron chi connectivity index (χ2n) is 3.21. The predicted molar refractivity (Wildman–Crippen MR) is 50.9 cm³/mol. The average molecular weight is 198 g/mol. The summed E-state index contributed by atoms with van der Waals surface area (Å²) in [5.74, 6) is -0.0486. The molecule has 0 aromatic heterocycles. The zero-order valence-electron chi connectivity index (χ0n) is 7.88. The molecule has 4 N–H and O–H groups in total. The summed E-state index contributed by atoms with van der Waals surface area (Å²) in [6.45, 7) is 1.14. The van der Waals surface area contributed by atoms with E-state index in [2.05, 4.69) is 0 Å². The molecule has 0 aliphatic heterocycles. The van der Waals surface area contributed by atoms with Crippen molar-refractivity contribution in [3.05, 3.63) is 29.3 Å². The monoisotopic (exact) mass is 198 g/mol. The molecular formula is C10H14O4. The predicted octanol–water partition coefficient (Wildman–Crippen LogP) is 0.0872. The largest absolute Gasteiger partial charge is 0.507 e. The number of aliphatic hydroxyl groups is 3. The molecule has 0 heterocycles. The number of aromatic hydroxyl groups is 1. The summed E-state index contributed by atoms with van der Waals surface area (Å²) >= 11 is 0. The van der Waals surface area contributed by atoms with Crippen LogP contribution in [0.3, 0.4) is 0 Å². The van der Waals surface area contributed by atoms with Gasteiger partial charge in [-0.25, -0.2) is 0 Å². The number of para-hydroxylation sites is 1. The highest BCUT2D eigenvalue weighted by Gasteiger charge is 2.20. The topological polar surface area (TPSA) is 80.9 Å². The zero-order chi connectivity index (χ0) is 10.7. The zero-order valence-corrected chi connectivity index (χ0v) is 7.88. The third-order valence-corrected chi connectivity index (χ3v) is 2.14. The van der Waals surface area contributed by atoms with Gasteiger partial charge in [0.1, 0.15) is 18.0 Å². The summed E-state index contributed by atoms with van der Waals surface area (Å²) in [6.07, 6.45) is -2.54. The Kier molecular flexibility index (Phi) is 3.46. The van der Waals surface area contributed by atoms with Gasteiger partial charge in [-0.2, -0.15) is 0 Å². The van der Waals surface area contributed by atoms with E-state index in [0.717, 1.165) is 0 Å². The number of rotatable bonds is 3. The van der Waals surface area contributed by atoms with Crippen molar-refractivity contribution in [2.45, 2.75) is 19.1 Å². The Morgan fingerprint density at radius 3 is 2.50 bits per heavy atom. The van der Waals surface area contributed by atoms with Gasteiger partial charge in [0.05, 0.1) is 6.61 Å². The lowest BCUT2D eigenvalue weighted by atomic mass is 10.0. The summed E-state index contributed by atoms with van der Waals surface area (Å²) in [5, 5.41) is 36.9. The van der Waals surface area contributed by atoms with Gasteiger partial charge in [0, 0.05) is 5.56 Å². The highest BCUT2D eigenvalue weighted by Crippen LogP contribution is 2.28. The molecule has 0 radical (unpaired) electrons. The van der Waals surface area contributed by atoms with Crippen LogP contribution in [0.4, 0.5) is 0 Å². The van der Waals surface area contributed by atoms with E-state index in [-0.39, 0.29) is 11.3 Å².